The summed E-state index contributed by atoms with van der Waals surface area (Å²) in [7, 11) is 0. The number of hydrogen-bond donors (Lipinski definition) is 0. The van der Waals surface area contributed by atoms with Gasteiger partial charge in [-0.15, -0.1) is 0 Å². The molecule has 1 aliphatic rings. The van der Waals surface area contributed by atoms with Gasteiger partial charge in [0.25, 0.3) is 0 Å². The lowest BCUT2D eigenvalue weighted by atomic mass is 9.95. The van der Waals surface area contributed by atoms with E-state index in [0.717, 1.165) is 12.8 Å². The summed E-state index contributed by atoms with van der Waals surface area (Å²) in [6, 6.07) is 7.11. The molecule has 3 nitrogen and oxygen atoms in total. The van der Waals surface area contributed by atoms with Crippen molar-refractivity contribution in [3.8, 4) is 16.9 Å². The molecule has 0 atom stereocenters. The number of ether oxygens (including phenoxy) is 3. The Balaban J connectivity index is 1.80. The van der Waals surface area contributed by atoms with Crippen molar-refractivity contribution in [2.75, 3.05) is 19.8 Å². The number of rotatable bonds is 6. The molecule has 0 amide bonds. The van der Waals surface area contributed by atoms with Gasteiger partial charge in [0, 0.05) is 11.5 Å². The van der Waals surface area contributed by atoms with Crippen LogP contribution in [-0.2, 0) is 9.47 Å². The third-order valence-electron chi connectivity index (χ3n) is 4.59. The van der Waals surface area contributed by atoms with Crippen LogP contribution in [0.25, 0.3) is 11.1 Å². The summed E-state index contributed by atoms with van der Waals surface area (Å²) in [5, 5.41) is 0. The largest absolute Gasteiger partial charge is 0.491 e. The van der Waals surface area contributed by atoms with Crippen LogP contribution in [0, 0.1) is 17.5 Å². The molecule has 0 bridgehead atoms. The van der Waals surface area contributed by atoms with Crippen molar-refractivity contribution in [3.63, 3.8) is 0 Å². The van der Waals surface area contributed by atoms with Gasteiger partial charge < -0.3 is 14.2 Å². The zero-order valence-corrected chi connectivity index (χ0v) is 15.4. The molecule has 6 heteroatoms. The van der Waals surface area contributed by atoms with Crippen molar-refractivity contribution in [2.45, 2.75) is 38.9 Å². The minimum atomic E-state index is -1.07. The summed E-state index contributed by atoms with van der Waals surface area (Å²) < 4.78 is 59.3. The molecule has 1 heterocycles. The van der Waals surface area contributed by atoms with Crippen LogP contribution < -0.4 is 4.74 Å². The zero-order valence-electron chi connectivity index (χ0n) is 15.4. The summed E-state index contributed by atoms with van der Waals surface area (Å²) in [6.07, 6.45) is 1.51. The normalized spacial score (nSPS) is 19.9. The fraction of sp³-hybridized carbons (Fsp3) is 0.429. The molecule has 0 N–H and O–H groups in total. The average Bonchev–Trinajstić information content (AvgIpc) is 2.67. The van der Waals surface area contributed by atoms with Crippen LogP contribution in [0.5, 0.6) is 5.75 Å². The van der Waals surface area contributed by atoms with Crippen molar-refractivity contribution in [2.24, 2.45) is 0 Å². The Bertz CT molecular complexity index is 786. The number of hydrogen-bond acceptors (Lipinski definition) is 3. The van der Waals surface area contributed by atoms with E-state index in [0.29, 0.717) is 18.8 Å². The molecule has 1 aliphatic heterocycles. The van der Waals surface area contributed by atoms with Crippen LogP contribution >= 0.6 is 0 Å². The van der Waals surface area contributed by atoms with E-state index in [2.05, 4.69) is 0 Å². The molecule has 0 aromatic heterocycles. The van der Waals surface area contributed by atoms with Crippen LogP contribution in [-0.4, -0.2) is 26.1 Å². The molecular formula is C21H23F3O3. The molecule has 0 radical (unpaired) electrons. The summed E-state index contributed by atoms with van der Waals surface area (Å²) in [4.78, 5) is 0. The van der Waals surface area contributed by atoms with Gasteiger partial charge in [0.2, 0.25) is 5.82 Å². The highest BCUT2D eigenvalue weighted by Crippen LogP contribution is 2.33. The molecular weight excluding hydrogens is 357 g/mol. The maximum Gasteiger partial charge on any atom is 0.201 e. The standard InChI is InChI=1S/C21H23F3O3/c1-3-5-19-26-11-14(12-27-19)15-7-6-13(10-17(15)22)16-8-9-18(25-4-2)21(24)20(16)23/h6-10,14,19H,3-5,11-12H2,1-2H3. The zero-order chi connectivity index (χ0) is 19.4. The summed E-state index contributed by atoms with van der Waals surface area (Å²) in [5.41, 5.74) is 0.693. The van der Waals surface area contributed by atoms with Crippen LogP contribution in [0.15, 0.2) is 30.3 Å². The van der Waals surface area contributed by atoms with Crippen LogP contribution in [0.3, 0.4) is 0 Å². The smallest absolute Gasteiger partial charge is 0.201 e. The second-order valence-corrected chi connectivity index (χ2v) is 6.49. The lowest BCUT2D eigenvalue weighted by Crippen LogP contribution is -2.31. The molecule has 0 spiro atoms. The van der Waals surface area contributed by atoms with E-state index >= 15 is 0 Å². The first-order chi connectivity index (χ1) is 13.0. The fourth-order valence-corrected chi connectivity index (χ4v) is 3.17. The Morgan fingerprint density at radius 3 is 2.37 bits per heavy atom. The highest BCUT2D eigenvalue weighted by molar-refractivity contribution is 5.66. The first-order valence-electron chi connectivity index (χ1n) is 9.18. The Hall–Kier alpha value is -2.05. The van der Waals surface area contributed by atoms with E-state index in [1.165, 1.54) is 18.2 Å². The SMILES string of the molecule is CCCC1OCC(c2ccc(-c3ccc(OCC)c(F)c3F)cc2F)CO1. The van der Waals surface area contributed by atoms with Crippen molar-refractivity contribution in [3.05, 3.63) is 53.3 Å². The molecule has 146 valence electrons. The Morgan fingerprint density at radius 1 is 1.00 bits per heavy atom. The Labute approximate surface area is 157 Å². The van der Waals surface area contributed by atoms with Gasteiger partial charge in [-0.1, -0.05) is 25.5 Å². The van der Waals surface area contributed by atoms with Crippen molar-refractivity contribution in [1.82, 2.24) is 0 Å². The summed E-state index contributed by atoms with van der Waals surface area (Å²) in [5.74, 6) is -3.01. The molecule has 0 unspecified atom stereocenters. The highest BCUT2D eigenvalue weighted by Gasteiger charge is 2.25. The van der Waals surface area contributed by atoms with E-state index in [-0.39, 0.29) is 35.7 Å². The Kier molecular flexibility index (Phi) is 6.39. The van der Waals surface area contributed by atoms with Crippen molar-refractivity contribution >= 4 is 0 Å². The molecule has 2 aromatic carbocycles. The maximum atomic E-state index is 14.6. The van der Waals surface area contributed by atoms with E-state index in [9.17, 15) is 13.2 Å². The highest BCUT2D eigenvalue weighted by atomic mass is 19.2. The van der Waals surface area contributed by atoms with Crippen molar-refractivity contribution < 1.29 is 27.4 Å². The van der Waals surface area contributed by atoms with Crippen LogP contribution in [0.4, 0.5) is 13.2 Å². The van der Waals surface area contributed by atoms with Gasteiger partial charge in [-0.2, -0.15) is 4.39 Å². The van der Waals surface area contributed by atoms with Gasteiger partial charge in [-0.05, 0) is 42.7 Å². The minimum absolute atomic E-state index is 0.0134. The summed E-state index contributed by atoms with van der Waals surface area (Å²) >= 11 is 0. The Morgan fingerprint density at radius 2 is 1.74 bits per heavy atom. The van der Waals surface area contributed by atoms with E-state index in [1.807, 2.05) is 6.92 Å². The van der Waals surface area contributed by atoms with E-state index in [4.69, 9.17) is 14.2 Å². The molecule has 2 aromatic rings. The van der Waals surface area contributed by atoms with Gasteiger partial charge >= 0.3 is 0 Å². The predicted octanol–water partition coefficient (Wildman–Crippen LogP) is 5.43. The first kappa shape index (κ1) is 19.7. The van der Waals surface area contributed by atoms with Crippen LogP contribution in [0.2, 0.25) is 0 Å². The molecule has 3 rings (SSSR count). The number of benzene rings is 2. The van der Waals surface area contributed by atoms with Crippen LogP contribution in [0.1, 0.15) is 38.2 Å². The van der Waals surface area contributed by atoms with E-state index in [1.54, 1.807) is 19.1 Å². The second-order valence-electron chi connectivity index (χ2n) is 6.49. The lowest BCUT2D eigenvalue weighted by molar-refractivity contribution is -0.190. The molecule has 27 heavy (non-hydrogen) atoms. The van der Waals surface area contributed by atoms with Gasteiger partial charge in [0.05, 0.1) is 19.8 Å². The lowest BCUT2D eigenvalue weighted by Gasteiger charge is -2.29. The monoisotopic (exact) mass is 380 g/mol. The first-order valence-corrected chi connectivity index (χ1v) is 9.18. The average molecular weight is 380 g/mol. The molecule has 0 saturated carbocycles. The topological polar surface area (TPSA) is 27.7 Å². The molecule has 0 aliphatic carbocycles. The third-order valence-corrected chi connectivity index (χ3v) is 4.59. The van der Waals surface area contributed by atoms with Gasteiger partial charge in [-0.25, -0.2) is 8.78 Å². The maximum absolute atomic E-state index is 14.6. The van der Waals surface area contributed by atoms with Gasteiger partial charge in [0.1, 0.15) is 5.82 Å². The van der Waals surface area contributed by atoms with E-state index < -0.39 is 17.5 Å². The predicted molar refractivity (Wildman–Crippen MR) is 96.3 cm³/mol. The van der Waals surface area contributed by atoms with Crippen molar-refractivity contribution in [1.29, 1.82) is 0 Å². The summed E-state index contributed by atoms with van der Waals surface area (Å²) in [6.45, 7) is 4.69. The molecule has 1 fully saturated rings. The third kappa shape index (κ3) is 4.28. The minimum Gasteiger partial charge on any atom is -0.491 e. The van der Waals surface area contributed by atoms with Gasteiger partial charge in [-0.3, -0.25) is 0 Å². The fourth-order valence-electron chi connectivity index (χ4n) is 3.17. The molecule has 1 saturated heterocycles. The van der Waals surface area contributed by atoms with Gasteiger partial charge in [0.15, 0.2) is 17.9 Å². The quantitative estimate of drug-likeness (QED) is 0.669. The number of halogens is 3. The second kappa shape index (κ2) is 8.76.